The molecule has 2 aromatic rings. The summed E-state index contributed by atoms with van der Waals surface area (Å²) in [6.07, 6.45) is -0.690. The zero-order valence-corrected chi connectivity index (χ0v) is 10.5. The number of hydrogen-bond donors (Lipinski definition) is 0. The first-order valence-electron chi connectivity index (χ1n) is 5.80. The van der Waals surface area contributed by atoms with Crippen molar-refractivity contribution >= 4 is 11.5 Å². The van der Waals surface area contributed by atoms with Crippen LogP contribution in [0.3, 0.4) is 0 Å². The van der Waals surface area contributed by atoms with Gasteiger partial charge in [-0.15, -0.1) is 0 Å². The highest BCUT2D eigenvalue weighted by Gasteiger charge is 2.23. The van der Waals surface area contributed by atoms with Crippen molar-refractivity contribution in [2.75, 3.05) is 0 Å². The summed E-state index contributed by atoms with van der Waals surface area (Å²) in [5.41, 5.74) is -1.62. The van der Waals surface area contributed by atoms with Crippen LogP contribution in [0.5, 0.6) is 0 Å². The van der Waals surface area contributed by atoms with Gasteiger partial charge in [-0.3, -0.25) is 14.9 Å². The van der Waals surface area contributed by atoms with Crippen LogP contribution in [-0.4, -0.2) is 10.7 Å². The standard InChI is InChI=1S/C14H8F3NO3/c15-8-4-5-9(13(6-8)18(20)21)14(19)7-10-11(16)2-1-3-12(10)17/h1-6H,7H2. The van der Waals surface area contributed by atoms with Crippen LogP contribution in [0.25, 0.3) is 0 Å². The molecule has 21 heavy (non-hydrogen) atoms. The van der Waals surface area contributed by atoms with Gasteiger partial charge in [-0.25, -0.2) is 13.2 Å². The monoisotopic (exact) mass is 295 g/mol. The van der Waals surface area contributed by atoms with Crippen molar-refractivity contribution in [3.05, 3.63) is 75.1 Å². The van der Waals surface area contributed by atoms with Crippen molar-refractivity contribution in [2.45, 2.75) is 6.42 Å². The molecular formula is C14H8F3NO3. The Morgan fingerprint density at radius 3 is 2.29 bits per heavy atom. The number of rotatable bonds is 4. The summed E-state index contributed by atoms with van der Waals surface area (Å²) in [4.78, 5) is 21.9. The van der Waals surface area contributed by atoms with Gasteiger partial charge < -0.3 is 0 Å². The first-order chi connectivity index (χ1) is 9.90. The van der Waals surface area contributed by atoms with Gasteiger partial charge >= 0.3 is 0 Å². The van der Waals surface area contributed by atoms with Gasteiger partial charge in [0.1, 0.15) is 17.5 Å². The molecule has 108 valence electrons. The molecule has 0 amide bonds. The molecule has 0 spiro atoms. The van der Waals surface area contributed by atoms with E-state index in [1.54, 1.807) is 0 Å². The first-order valence-corrected chi connectivity index (χ1v) is 5.80. The molecule has 0 saturated heterocycles. The highest BCUT2D eigenvalue weighted by Crippen LogP contribution is 2.23. The number of hydrogen-bond acceptors (Lipinski definition) is 3. The van der Waals surface area contributed by atoms with Crippen molar-refractivity contribution in [2.24, 2.45) is 0 Å². The van der Waals surface area contributed by atoms with E-state index in [2.05, 4.69) is 0 Å². The number of carbonyl (C=O) groups is 1. The molecule has 0 aliphatic heterocycles. The lowest BCUT2D eigenvalue weighted by Crippen LogP contribution is -2.10. The SMILES string of the molecule is O=C(Cc1c(F)cccc1F)c1ccc(F)cc1[N+](=O)[O-]. The number of nitro groups is 1. The van der Waals surface area contributed by atoms with Gasteiger partial charge in [-0.2, -0.15) is 0 Å². The molecule has 2 rings (SSSR count). The van der Waals surface area contributed by atoms with Crippen molar-refractivity contribution < 1.29 is 22.9 Å². The van der Waals surface area contributed by atoms with Crippen LogP contribution in [0.2, 0.25) is 0 Å². The van der Waals surface area contributed by atoms with E-state index in [0.717, 1.165) is 30.3 Å². The second-order valence-corrected chi connectivity index (χ2v) is 4.22. The summed E-state index contributed by atoms with van der Waals surface area (Å²) in [5, 5.41) is 10.8. The average molecular weight is 295 g/mol. The van der Waals surface area contributed by atoms with Gasteiger partial charge in [0.05, 0.1) is 16.6 Å². The molecule has 0 aliphatic rings. The van der Waals surface area contributed by atoms with E-state index >= 15 is 0 Å². The molecule has 0 heterocycles. The van der Waals surface area contributed by atoms with Crippen molar-refractivity contribution in [1.82, 2.24) is 0 Å². The average Bonchev–Trinajstić information content (AvgIpc) is 2.42. The Labute approximate surface area is 117 Å². The molecule has 0 radical (unpaired) electrons. The van der Waals surface area contributed by atoms with Crippen LogP contribution in [0, 0.1) is 27.6 Å². The third-order valence-corrected chi connectivity index (χ3v) is 2.86. The van der Waals surface area contributed by atoms with Gasteiger partial charge in [0.15, 0.2) is 5.78 Å². The highest BCUT2D eigenvalue weighted by molar-refractivity contribution is 6.01. The molecule has 0 unspecified atom stereocenters. The molecule has 0 bridgehead atoms. The van der Waals surface area contributed by atoms with E-state index in [9.17, 15) is 28.1 Å². The van der Waals surface area contributed by atoms with Crippen LogP contribution in [0.15, 0.2) is 36.4 Å². The van der Waals surface area contributed by atoms with E-state index in [1.165, 1.54) is 0 Å². The quantitative estimate of drug-likeness (QED) is 0.493. The Hall–Kier alpha value is -2.70. The highest BCUT2D eigenvalue weighted by atomic mass is 19.1. The fourth-order valence-corrected chi connectivity index (χ4v) is 1.85. The number of nitro benzene ring substituents is 1. The predicted molar refractivity (Wildman–Crippen MR) is 67.4 cm³/mol. The molecule has 0 saturated carbocycles. The normalized spacial score (nSPS) is 10.4. The summed E-state index contributed by atoms with van der Waals surface area (Å²) in [6.45, 7) is 0. The minimum atomic E-state index is -0.923. The molecule has 0 atom stereocenters. The maximum Gasteiger partial charge on any atom is 0.283 e. The van der Waals surface area contributed by atoms with Crippen LogP contribution in [0.1, 0.15) is 15.9 Å². The smallest absolute Gasteiger partial charge is 0.283 e. The second kappa shape index (κ2) is 5.74. The fraction of sp³-hybridized carbons (Fsp3) is 0.0714. The van der Waals surface area contributed by atoms with E-state index in [1.807, 2.05) is 0 Å². The summed E-state index contributed by atoms with van der Waals surface area (Å²) < 4.78 is 39.9. The third kappa shape index (κ3) is 3.07. The summed E-state index contributed by atoms with van der Waals surface area (Å²) in [7, 11) is 0. The summed E-state index contributed by atoms with van der Waals surface area (Å²) >= 11 is 0. The minimum absolute atomic E-state index is 0.399. The lowest BCUT2D eigenvalue weighted by atomic mass is 10.0. The van der Waals surface area contributed by atoms with Crippen molar-refractivity contribution in [3.63, 3.8) is 0 Å². The number of nitrogens with zero attached hydrogens (tertiary/aromatic N) is 1. The van der Waals surface area contributed by atoms with Gasteiger partial charge in [0.2, 0.25) is 0 Å². The van der Waals surface area contributed by atoms with Gasteiger partial charge in [-0.05, 0) is 24.3 Å². The van der Waals surface area contributed by atoms with E-state index in [4.69, 9.17) is 0 Å². The molecule has 0 aromatic heterocycles. The summed E-state index contributed by atoms with van der Waals surface area (Å²) in [5.74, 6) is -3.60. The maximum absolute atomic E-state index is 13.5. The number of Topliss-reactive ketones (excluding diaryl/α,β-unsaturated/α-hetero) is 1. The predicted octanol–water partition coefficient (Wildman–Crippen LogP) is 3.44. The molecular weight excluding hydrogens is 287 g/mol. The fourth-order valence-electron chi connectivity index (χ4n) is 1.85. The zero-order chi connectivity index (χ0) is 15.6. The Bertz CT molecular complexity index is 711. The van der Waals surface area contributed by atoms with Crippen LogP contribution in [0.4, 0.5) is 18.9 Å². The van der Waals surface area contributed by atoms with Crippen LogP contribution in [-0.2, 0) is 6.42 Å². The molecule has 7 heteroatoms. The Balaban J connectivity index is 2.40. The van der Waals surface area contributed by atoms with E-state index in [0.29, 0.717) is 6.07 Å². The number of halogens is 3. The Morgan fingerprint density at radius 2 is 1.71 bits per heavy atom. The summed E-state index contributed by atoms with van der Waals surface area (Å²) in [6, 6.07) is 5.48. The van der Waals surface area contributed by atoms with Crippen LogP contribution < -0.4 is 0 Å². The molecule has 0 fully saturated rings. The Morgan fingerprint density at radius 1 is 1.10 bits per heavy atom. The largest absolute Gasteiger partial charge is 0.294 e. The topological polar surface area (TPSA) is 60.2 Å². The van der Waals surface area contributed by atoms with Gasteiger partial charge in [0, 0.05) is 12.0 Å². The Kier molecular flexibility index (Phi) is 4.02. The molecule has 0 aliphatic carbocycles. The zero-order valence-electron chi connectivity index (χ0n) is 10.5. The lowest BCUT2D eigenvalue weighted by molar-refractivity contribution is -0.385. The molecule has 4 nitrogen and oxygen atoms in total. The van der Waals surface area contributed by atoms with E-state index < -0.39 is 51.4 Å². The van der Waals surface area contributed by atoms with Crippen molar-refractivity contribution in [3.8, 4) is 0 Å². The lowest BCUT2D eigenvalue weighted by Gasteiger charge is -2.05. The number of benzene rings is 2. The third-order valence-electron chi connectivity index (χ3n) is 2.86. The maximum atomic E-state index is 13.5. The minimum Gasteiger partial charge on any atom is -0.294 e. The number of ketones is 1. The second-order valence-electron chi connectivity index (χ2n) is 4.22. The molecule has 2 aromatic carbocycles. The van der Waals surface area contributed by atoms with Crippen molar-refractivity contribution in [1.29, 1.82) is 0 Å². The van der Waals surface area contributed by atoms with Crippen LogP contribution >= 0.6 is 0 Å². The van der Waals surface area contributed by atoms with Gasteiger partial charge in [0.25, 0.3) is 5.69 Å². The first kappa shape index (κ1) is 14.7. The van der Waals surface area contributed by atoms with E-state index in [-0.39, 0.29) is 0 Å². The van der Waals surface area contributed by atoms with Gasteiger partial charge in [-0.1, -0.05) is 6.07 Å². The molecule has 0 N–H and O–H groups in total. The number of carbonyl (C=O) groups excluding carboxylic acids is 1.